The summed E-state index contributed by atoms with van der Waals surface area (Å²) in [5.41, 5.74) is 1.15. The van der Waals surface area contributed by atoms with E-state index in [-0.39, 0.29) is 12.5 Å². The molecular weight excluding hydrogens is 434 g/mol. The molecule has 2 aromatic carbocycles. The highest BCUT2D eigenvalue weighted by atomic mass is 35.5. The van der Waals surface area contributed by atoms with Crippen molar-refractivity contribution >= 4 is 34.8 Å². The van der Waals surface area contributed by atoms with E-state index in [9.17, 15) is 9.59 Å². The van der Waals surface area contributed by atoms with Gasteiger partial charge in [0.05, 0.1) is 12.8 Å². The highest BCUT2D eigenvalue weighted by Crippen LogP contribution is 2.18. The van der Waals surface area contributed by atoms with Crippen LogP contribution in [0.5, 0.6) is 0 Å². The third-order valence-corrected chi connectivity index (χ3v) is 5.55. The average Bonchev–Trinajstić information content (AvgIpc) is 3.46. The summed E-state index contributed by atoms with van der Waals surface area (Å²) in [4.78, 5) is 30.5. The molecule has 0 fully saturated rings. The van der Waals surface area contributed by atoms with E-state index in [0.717, 1.165) is 5.56 Å². The lowest BCUT2D eigenvalue weighted by Crippen LogP contribution is -2.36. The first-order chi connectivity index (χ1) is 15.1. The van der Waals surface area contributed by atoms with E-state index in [2.05, 4.69) is 10.3 Å². The number of carbonyl (C=O) groups excluding carboxylic acids is 2. The Kier molecular flexibility index (Phi) is 6.45. The molecular formula is C23H18ClN3O3S. The summed E-state index contributed by atoms with van der Waals surface area (Å²) in [6.45, 7) is 0.258. The Labute approximate surface area is 187 Å². The van der Waals surface area contributed by atoms with Crippen molar-refractivity contribution < 1.29 is 14.0 Å². The molecule has 8 heteroatoms. The Morgan fingerprint density at radius 1 is 1.10 bits per heavy atom. The standard InChI is InChI=1S/C23H18ClN3O3S/c24-18-9-4-8-17(14-18)21(28)26-23-27(11-13-31-23)20(16-6-2-1-3-7-16)22(29)25-15-19-10-5-12-30-19/h1-14,20H,15H2,(H,25,29)/t20-/m1/s1. The second kappa shape index (κ2) is 9.59. The van der Waals surface area contributed by atoms with Crippen LogP contribution in [-0.4, -0.2) is 16.4 Å². The average molecular weight is 452 g/mol. The maximum Gasteiger partial charge on any atom is 0.279 e. The highest BCUT2D eigenvalue weighted by molar-refractivity contribution is 7.07. The number of nitrogens with zero attached hydrogens (tertiary/aromatic N) is 2. The van der Waals surface area contributed by atoms with E-state index >= 15 is 0 Å². The highest BCUT2D eigenvalue weighted by Gasteiger charge is 2.23. The SMILES string of the molecule is O=C(N=c1sccn1[C@@H](C(=O)NCc1ccco1)c1ccccc1)c1cccc(Cl)c1. The molecule has 31 heavy (non-hydrogen) atoms. The molecule has 0 aliphatic heterocycles. The molecule has 0 spiro atoms. The van der Waals surface area contributed by atoms with Gasteiger partial charge in [0.1, 0.15) is 11.8 Å². The van der Waals surface area contributed by atoms with Crippen LogP contribution in [0.3, 0.4) is 0 Å². The Morgan fingerprint density at radius 2 is 1.94 bits per heavy atom. The summed E-state index contributed by atoms with van der Waals surface area (Å²) in [5.74, 6) is -0.0179. The summed E-state index contributed by atoms with van der Waals surface area (Å²) < 4.78 is 7.00. The predicted molar refractivity (Wildman–Crippen MR) is 119 cm³/mol. The van der Waals surface area contributed by atoms with Crippen LogP contribution in [-0.2, 0) is 11.3 Å². The van der Waals surface area contributed by atoms with Gasteiger partial charge in [-0.3, -0.25) is 9.59 Å². The third kappa shape index (κ3) is 5.02. The Morgan fingerprint density at radius 3 is 2.68 bits per heavy atom. The number of furan rings is 1. The number of thiazole rings is 1. The van der Waals surface area contributed by atoms with E-state index in [0.29, 0.717) is 21.1 Å². The van der Waals surface area contributed by atoms with Gasteiger partial charge in [0.15, 0.2) is 4.80 Å². The topological polar surface area (TPSA) is 76.6 Å². The number of aromatic nitrogens is 1. The molecule has 0 aliphatic rings. The lowest BCUT2D eigenvalue weighted by Gasteiger charge is -2.18. The largest absolute Gasteiger partial charge is 0.467 e. The minimum Gasteiger partial charge on any atom is -0.467 e. The van der Waals surface area contributed by atoms with E-state index in [4.69, 9.17) is 16.0 Å². The molecule has 0 radical (unpaired) electrons. The second-order valence-electron chi connectivity index (χ2n) is 6.63. The molecule has 2 heterocycles. The smallest absolute Gasteiger partial charge is 0.279 e. The lowest BCUT2D eigenvalue weighted by molar-refractivity contribution is -0.123. The van der Waals surface area contributed by atoms with Gasteiger partial charge in [-0.05, 0) is 35.9 Å². The van der Waals surface area contributed by atoms with Crippen LogP contribution in [0.25, 0.3) is 0 Å². The number of carbonyl (C=O) groups is 2. The number of hydrogen-bond donors (Lipinski definition) is 1. The summed E-state index contributed by atoms with van der Waals surface area (Å²) in [5, 5.41) is 5.15. The molecule has 0 bridgehead atoms. The normalized spacial score (nSPS) is 12.5. The molecule has 156 valence electrons. The Balaban J connectivity index is 1.69. The molecule has 4 aromatic rings. The van der Waals surface area contributed by atoms with E-state index in [1.165, 1.54) is 11.3 Å². The van der Waals surface area contributed by atoms with E-state index < -0.39 is 11.9 Å². The van der Waals surface area contributed by atoms with Gasteiger partial charge >= 0.3 is 0 Å². The molecule has 0 saturated heterocycles. The fraction of sp³-hybridized carbons (Fsp3) is 0.0870. The molecule has 2 aromatic heterocycles. The second-order valence-corrected chi connectivity index (χ2v) is 7.94. The zero-order valence-corrected chi connectivity index (χ0v) is 17.8. The first kappa shape index (κ1) is 20.8. The van der Waals surface area contributed by atoms with Crippen molar-refractivity contribution in [3.63, 3.8) is 0 Å². The molecule has 0 unspecified atom stereocenters. The van der Waals surface area contributed by atoms with Crippen molar-refractivity contribution in [3.05, 3.63) is 111 Å². The molecule has 2 amide bonds. The molecule has 1 N–H and O–H groups in total. The summed E-state index contributed by atoms with van der Waals surface area (Å²) in [6.07, 6.45) is 3.31. The zero-order chi connectivity index (χ0) is 21.6. The van der Waals surface area contributed by atoms with Gasteiger partial charge in [-0.15, -0.1) is 11.3 Å². The van der Waals surface area contributed by atoms with Gasteiger partial charge in [0.2, 0.25) is 5.91 Å². The fourth-order valence-electron chi connectivity index (χ4n) is 3.09. The number of hydrogen-bond acceptors (Lipinski definition) is 4. The maximum atomic E-state index is 13.2. The number of amides is 2. The number of benzene rings is 2. The molecule has 0 aliphatic carbocycles. The van der Waals surface area contributed by atoms with Crippen LogP contribution in [0, 0.1) is 0 Å². The van der Waals surface area contributed by atoms with Crippen molar-refractivity contribution in [1.29, 1.82) is 0 Å². The first-order valence-electron chi connectivity index (χ1n) is 9.47. The van der Waals surface area contributed by atoms with Crippen molar-refractivity contribution in [2.24, 2.45) is 4.99 Å². The van der Waals surface area contributed by atoms with Gasteiger partial charge < -0.3 is 14.3 Å². The van der Waals surface area contributed by atoms with Crippen LogP contribution >= 0.6 is 22.9 Å². The van der Waals surface area contributed by atoms with Gasteiger partial charge in [-0.1, -0.05) is 48.0 Å². The molecule has 6 nitrogen and oxygen atoms in total. The lowest BCUT2D eigenvalue weighted by atomic mass is 10.1. The molecule has 0 saturated carbocycles. The number of rotatable bonds is 6. The maximum absolute atomic E-state index is 13.2. The van der Waals surface area contributed by atoms with Crippen LogP contribution in [0.15, 0.2) is 94.0 Å². The van der Waals surface area contributed by atoms with E-state index in [1.807, 2.05) is 30.3 Å². The minimum atomic E-state index is -0.701. The van der Waals surface area contributed by atoms with Crippen molar-refractivity contribution in [1.82, 2.24) is 9.88 Å². The van der Waals surface area contributed by atoms with Crippen LogP contribution in [0.2, 0.25) is 5.02 Å². The van der Waals surface area contributed by atoms with Gasteiger partial charge in [-0.25, -0.2) is 0 Å². The number of nitrogens with one attached hydrogen (secondary N) is 1. The predicted octanol–water partition coefficient (Wildman–Crippen LogP) is 4.44. The third-order valence-electron chi connectivity index (χ3n) is 4.54. The summed E-state index contributed by atoms with van der Waals surface area (Å²) in [7, 11) is 0. The number of halogens is 1. The van der Waals surface area contributed by atoms with Crippen LogP contribution in [0.4, 0.5) is 0 Å². The van der Waals surface area contributed by atoms with E-state index in [1.54, 1.807) is 58.8 Å². The molecule has 4 rings (SSSR count). The Bertz CT molecular complexity index is 1250. The van der Waals surface area contributed by atoms with Crippen LogP contribution < -0.4 is 10.1 Å². The summed E-state index contributed by atoms with van der Waals surface area (Å²) >= 11 is 7.27. The van der Waals surface area contributed by atoms with Gasteiger partial charge in [0.25, 0.3) is 5.91 Å². The van der Waals surface area contributed by atoms with Crippen LogP contribution in [0.1, 0.15) is 27.7 Å². The van der Waals surface area contributed by atoms with Crippen molar-refractivity contribution in [3.8, 4) is 0 Å². The summed E-state index contributed by atoms with van der Waals surface area (Å²) in [6, 6.07) is 18.8. The fourth-order valence-corrected chi connectivity index (χ4v) is 4.02. The van der Waals surface area contributed by atoms with Crippen molar-refractivity contribution in [2.75, 3.05) is 0 Å². The Hall–Kier alpha value is -3.42. The molecule has 1 atom stereocenters. The quantitative estimate of drug-likeness (QED) is 0.470. The first-order valence-corrected chi connectivity index (χ1v) is 10.7. The van der Waals surface area contributed by atoms with Gasteiger partial charge in [0, 0.05) is 22.2 Å². The van der Waals surface area contributed by atoms with Gasteiger partial charge in [-0.2, -0.15) is 4.99 Å². The van der Waals surface area contributed by atoms with Crippen molar-refractivity contribution in [2.45, 2.75) is 12.6 Å². The minimum absolute atomic E-state index is 0.238. The monoisotopic (exact) mass is 451 g/mol. The zero-order valence-electron chi connectivity index (χ0n) is 16.3.